The van der Waals surface area contributed by atoms with Crippen molar-refractivity contribution in [3.8, 4) is 11.3 Å². The van der Waals surface area contributed by atoms with Gasteiger partial charge in [-0.1, -0.05) is 12.1 Å². The molecule has 2 rings (SSSR count). The first-order valence-corrected chi connectivity index (χ1v) is 4.68. The van der Waals surface area contributed by atoms with Crippen molar-refractivity contribution in [2.24, 2.45) is 7.05 Å². The number of imidazole rings is 1. The fourth-order valence-corrected chi connectivity index (χ4v) is 1.39. The van der Waals surface area contributed by atoms with E-state index < -0.39 is 0 Å². The molecule has 0 aliphatic heterocycles. The number of aryl methyl sites for hydroxylation is 1. The molecule has 0 amide bonds. The van der Waals surface area contributed by atoms with Crippen molar-refractivity contribution in [1.82, 2.24) is 9.55 Å². The van der Waals surface area contributed by atoms with Gasteiger partial charge < -0.3 is 4.57 Å². The average molecular weight is 199 g/mol. The van der Waals surface area contributed by atoms with Crippen LogP contribution < -0.4 is 0 Å². The summed E-state index contributed by atoms with van der Waals surface area (Å²) in [5.74, 6) is 0.0566. The van der Waals surface area contributed by atoms with Crippen LogP contribution >= 0.6 is 0 Å². The van der Waals surface area contributed by atoms with Crippen LogP contribution in [0.25, 0.3) is 11.3 Å². The highest BCUT2D eigenvalue weighted by Crippen LogP contribution is 2.17. The van der Waals surface area contributed by atoms with Crippen LogP contribution in [0.3, 0.4) is 0 Å². The third-order valence-electron chi connectivity index (χ3n) is 2.19. The van der Waals surface area contributed by atoms with Gasteiger partial charge in [-0.25, -0.2) is 4.98 Å². The minimum absolute atomic E-state index is 0.0566. The van der Waals surface area contributed by atoms with E-state index >= 15 is 0 Å². The first kappa shape index (κ1) is 9.65. The Kier molecular flexibility index (Phi) is 2.37. The SMILES string of the molecule is CC(=O)c1cc[c]c(-c2cn(C)cn2)c1. The molecule has 0 spiro atoms. The van der Waals surface area contributed by atoms with Crippen molar-refractivity contribution in [1.29, 1.82) is 0 Å². The number of benzene rings is 1. The van der Waals surface area contributed by atoms with E-state index in [4.69, 9.17) is 0 Å². The van der Waals surface area contributed by atoms with Gasteiger partial charge in [0.05, 0.1) is 12.0 Å². The second-order valence-corrected chi connectivity index (χ2v) is 3.47. The quantitative estimate of drug-likeness (QED) is 0.694. The number of aromatic nitrogens is 2. The van der Waals surface area contributed by atoms with E-state index in [1.807, 2.05) is 23.9 Å². The molecular weight excluding hydrogens is 188 g/mol. The largest absolute Gasteiger partial charge is 0.340 e. The molecule has 0 bridgehead atoms. The van der Waals surface area contributed by atoms with Crippen LogP contribution in [0.5, 0.6) is 0 Å². The number of rotatable bonds is 2. The molecule has 0 saturated heterocycles. The minimum Gasteiger partial charge on any atom is -0.340 e. The zero-order chi connectivity index (χ0) is 10.8. The van der Waals surface area contributed by atoms with Crippen LogP contribution in [0.1, 0.15) is 17.3 Å². The lowest BCUT2D eigenvalue weighted by Gasteiger charge is -1.98. The van der Waals surface area contributed by atoms with Gasteiger partial charge in [0.1, 0.15) is 0 Å². The smallest absolute Gasteiger partial charge is 0.159 e. The molecule has 1 radical (unpaired) electrons. The van der Waals surface area contributed by atoms with E-state index in [1.165, 1.54) is 0 Å². The maximum atomic E-state index is 11.2. The monoisotopic (exact) mass is 199 g/mol. The van der Waals surface area contributed by atoms with Crippen molar-refractivity contribution in [3.63, 3.8) is 0 Å². The fourth-order valence-electron chi connectivity index (χ4n) is 1.39. The van der Waals surface area contributed by atoms with Crippen molar-refractivity contribution >= 4 is 5.78 Å². The third-order valence-corrected chi connectivity index (χ3v) is 2.19. The summed E-state index contributed by atoms with van der Waals surface area (Å²) >= 11 is 0. The van der Waals surface area contributed by atoms with Gasteiger partial charge in [-0.15, -0.1) is 0 Å². The molecule has 0 fully saturated rings. The van der Waals surface area contributed by atoms with Gasteiger partial charge in [0, 0.05) is 24.4 Å². The van der Waals surface area contributed by atoms with E-state index in [0.717, 1.165) is 11.3 Å². The highest BCUT2D eigenvalue weighted by Gasteiger charge is 2.04. The molecule has 3 heteroatoms. The molecule has 0 unspecified atom stereocenters. The van der Waals surface area contributed by atoms with E-state index in [1.54, 1.807) is 25.4 Å². The number of Topliss-reactive ketones (excluding diaryl/α,β-unsaturated/α-hetero) is 1. The molecule has 2 aromatic rings. The van der Waals surface area contributed by atoms with E-state index in [2.05, 4.69) is 11.1 Å². The molecule has 0 aliphatic rings. The predicted octanol–water partition coefficient (Wildman–Crippen LogP) is 2.09. The lowest BCUT2D eigenvalue weighted by atomic mass is 10.1. The third kappa shape index (κ3) is 1.96. The highest BCUT2D eigenvalue weighted by molar-refractivity contribution is 5.95. The van der Waals surface area contributed by atoms with Crippen LogP contribution in [-0.4, -0.2) is 15.3 Å². The maximum Gasteiger partial charge on any atom is 0.159 e. The van der Waals surface area contributed by atoms with Gasteiger partial charge in [-0.2, -0.15) is 0 Å². The topological polar surface area (TPSA) is 34.9 Å². The Morgan fingerprint density at radius 2 is 2.33 bits per heavy atom. The van der Waals surface area contributed by atoms with E-state index in [-0.39, 0.29) is 5.78 Å². The number of hydrogen-bond acceptors (Lipinski definition) is 2. The second kappa shape index (κ2) is 3.69. The lowest BCUT2D eigenvalue weighted by molar-refractivity contribution is 0.101. The summed E-state index contributed by atoms with van der Waals surface area (Å²) in [5.41, 5.74) is 2.37. The first-order chi connectivity index (χ1) is 7.16. The Morgan fingerprint density at radius 1 is 1.53 bits per heavy atom. The van der Waals surface area contributed by atoms with Crippen LogP contribution in [-0.2, 0) is 7.05 Å². The van der Waals surface area contributed by atoms with Crippen molar-refractivity contribution in [2.45, 2.75) is 6.92 Å². The summed E-state index contributed by atoms with van der Waals surface area (Å²) < 4.78 is 1.86. The zero-order valence-corrected chi connectivity index (χ0v) is 8.69. The molecule has 0 N–H and O–H groups in total. The lowest BCUT2D eigenvalue weighted by Crippen LogP contribution is -1.91. The number of carbonyl (C=O) groups excluding carboxylic acids is 1. The van der Waals surface area contributed by atoms with Gasteiger partial charge in [-0.05, 0) is 19.1 Å². The van der Waals surface area contributed by atoms with Crippen molar-refractivity contribution < 1.29 is 4.79 Å². The molecular formula is C12H11N2O. The van der Waals surface area contributed by atoms with E-state index in [0.29, 0.717) is 5.56 Å². The molecule has 15 heavy (non-hydrogen) atoms. The molecule has 0 saturated carbocycles. The normalized spacial score (nSPS) is 10.3. The Morgan fingerprint density at radius 3 is 2.93 bits per heavy atom. The van der Waals surface area contributed by atoms with Crippen molar-refractivity contribution in [2.75, 3.05) is 0 Å². The number of carbonyl (C=O) groups is 1. The van der Waals surface area contributed by atoms with Crippen LogP contribution in [0.15, 0.2) is 30.7 Å². The molecule has 0 aliphatic carbocycles. The minimum atomic E-state index is 0.0566. The van der Waals surface area contributed by atoms with Gasteiger partial charge in [-0.3, -0.25) is 4.79 Å². The molecule has 75 valence electrons. The standard InChI is InChI=1S/C12H11N2O/c1-9(15)10-4-3-5-11(6-10)12-7-14(2)8-13-12/h3-4,6-8H,1-2H3. The first-order valence-electron chi connectivity index (χ1n) is 4.68. The summed E-state index contributed by atoms with van der Waals surface area (Å²) in [6.07, 6.45) is 3.62. The number of hydrogen-bond donors (Lipinski definition) is 0. The Hall–Kier alpha value is -1.90. The predicted molar refractivity (Wildman–Crippen MR) is 57.5 cm³/mol. The summed E-state index contributed by atoms with van der Waals surface area (Å²) in [4.78, 5) is 15.4. The summed E-state index contributed by atoms with van der Waals surface area (Å²) in [5, 5.41) is 0. The summed E-state index contributed by atoms with van der Waals surface area (Å²) in [6.45, 7) is 1.55. The summed E-state index contributed by atoms with van der Waals surface area (Å²) in [6, 6.07) is 8.38. The fraction of sp³-hybridized carbons (Fsp3) is 0.167. The van der Waals surface area contributed by atoms with Gasteiger partial charge >= 0.3 is 0 Å². The molecule has 0 atom stereocenters. The van der Waals surface area contributed by atoms with Gasteiger partial charge in [0.15, 0.2) is 5.78 Å². The molecule has 1 aromatic heterocycles. The van der Waals surface area contributed by atoms with E-state index in [9.17, 15) is 4.79 Å². The van der Waals surface area contributed by atoms with Crippen LogP contribution in [0.2, 0.25) is 0 Å². The molecule has 1 heterocycles. The highest BCUT2D eigenvalue weighted by atomic mass is 16.1. The average Bonchev–Trinajstić information content (AvgIpc) is 2.65. The second-order valence-electron chi connectivity index (χ2n) is 3.47. The van der Waals surface area contributed by atoms with Gasteiger partial charge in [0.2, 0.25) is 0 Å². The van der Waals surface area contributed by atoms with Gasteiger partial charge in [0.25, 0.3) is 0 Å². The molecule has 1 aromatic carbocycles. The zero-order valence-electron chi connectivity index (χ0n) is 8.69. The Bertz CT molecular complexity index is 500. The summed E-state index contributed by atoms with van der Waals surface area (Å²) in [7, 11) is 1.91. The maximum absolute atomic E-state index is 11.2. The van der Waals surface area contributed by atoms with Crippen molar-refractivity contribution in [3.05, 3.63) is 42.4 Å². The number of ketones is 1. The van der Waals surface area contributed by atoms with Crippen LogP contribution in [0, 0.1) is 6.07 Å². The Labute approximate surface area is 88.4 Å². The number of nitrogens with zero attached hydrogens (tertiary/aromatic N) is 2. The van der Waals surface area contributed by atoms with Crippen LogP contribution in [0.4, 0.5) is 0 Å². The Balaban J connectivity index is 2.45. The molecule has 3 nitrogen and oxygen atoms in total.